The van der Waals surface area contributed by atoms with Gasteiger partial charge in [0.25, 0.3) is 0 Å². The third-order valence-corrected chi connectivity index (χ3v) is 3.06. The molecule has 7 heteroatoms. The highest BCUT2D eigenvalue weighted by atomic mass is 35.5. The van der Waals surface area contributed by atoms with Gasteiger partial charge >= 0.3 is 11.9 Å². The summed E-state index contributed by atoms with van der Waals surface area (Å²) < 4.78 is 8.71. The van der Waals surface area contributed by atoms with Gasteiger partial charge in [0.1, 0.15) is 10.6 Å². The van der Waals surface area contributed by atoms with Crippen LogP contribution in [0.4, 0.5) is 0 Å². The number of esters is 1. The molecule has 0 atom stereocenters. The summed E-state index contributed by atoms with van der Waals surface area (Å²) in [5.74, 6) is -1.68. The fraction of sp³-hybridized carbons (Fsp3) is 0. The lowest BCUT2D eigenvalue weighted by Gasteiger charge is -2.03. The van der Waals surface area contributed by atoms with E-state index in [9.17, 15) is 9.59 Å². The maximum absolute atomic E-state index is 11.7. The summed E-state index contributed by atoms with van der Waals surface area (Å²) in [4.78, 5) is 22.3. The Morgan fingerprint density at radius 1 is 1.33 bits per heavy atom. The second-order valence-electron chi connectivity index (χ2n) is 3.20. The number of aromatic nitrogens is 1. The molecular formula is C11H6ClNO4S. The maximum atomic E-state index is 11.7. The molecule has 0 bridgehead atoms. The fourth-order valence-electron chi connectivity index (χ4n) is 1.15. The Morgan fingerprint density at radius 3 is 2.67 bits per heavy atom. The molecule has 1 aromatic carbocycles. The first-order chi connectivity index (χ1) is 8.58. The van der Waals surface area contributed by atoms with Crippen LogP contribution >= 0.6 is 23.1 Å². The number of nitrogens with zero attached hydrogens (tertiary/aromatic N) is 1. The van der Waals surface area contributed by atoms with Crippen LogP contribution in [0.25, 0.3) is 0 Å². The molecule has 1 aromatic heterocycles. The van der Waals surface area contributed by atoms with E-state index in [0.717, 1.165) is 17.6 Å². The lowest BCUT2D eigenvalue weighted by molar-refractivity contribution is 0.0702. The highest BCUT2D eigenvalue weighted by molar-refractivity contribution is 7.08. The predicted molar refractivity (Wildman–Crippen MR) is 65.5 cm³/mol. The molecule has 0 aliphatic carbocycles. The lowest BCUT2D eigenvalue weighted by atomic mass is 10.3. The van der Waals surface area contributed by atoms with Crippen LogP contribution in [0.1, 0.15) is 20.2 Å². The van der Waals surface area contributed by atoms with E-state index >= 15 is 0 Å². The molecule has 0 spiro atoms. The van der Waals surface area contributed by atoms with Gasteiger partial charge in [-0.1, -0.05) is 23.7 Å². The van der Waals surface area contributed by atoms with Crippen molar-refractivity contribution in [2.75, 3.05) is 0 Å². The van der Waals surface area contributed by atoms with Gasteiger partial charge in [-0.3, -0.25) is 0 Å². The summed E-state index contributed by atoms with van der Waals surface area (Å²) in [5, 5.41) is 9.00. The molecule has 2 aromatic rings. The third-order valence-electron chi connectivity index (χ3n) is 1.97. The number of carbonyl (C=O) groups excluding carboxylic acids is 1. The SMILES string of the molecule is O=C(Oc1ccccc1Cl)c1cc(C(=O)O)sn1. The molecule has 92 valence electrons. The number of aromatic carboxylic acids is 1. The molecule has 0 unspecified atom stereocenters. The molecule has 0 amide bonds. The first kappa shape index (κ1) is 12.5. The molecule has 0 fully saturated rings. The van der Waals surface area contributed by atoms with Crippen LogP contribution in [0.3, 0.4) is 0 Å². The number of hydrogen-bond acceptors (Lipinski definition) is 5. The molecule has 0 saturated carbocycles. The second kappa shape index (κ2) is 5.16. The van der Waals surface area contributed by atoms with Crippen LogP contribution in [0.15, 0.2) is 30.3 Å². The second-order valence-corrected chi connectivity index (χ2v) is 4.41. The Kier molecular flexibility index (Phi) is 3.59. The minimum atomic E-state index is -1.13. The average Bonchev–Trinajstić information content (AvgIpc) is 2.81. The molecular weight excluding hydrogens is 278 g/mol. The van der Waals surface area contributed by atoms with Gasteiger partial charge in [-0.15, -0.1) is 0 Å². The zero-order valence-corrected chi connectivity index (χ0v) is 10.4. The molecule has 0 aliphatic rings. The molecule has 18 heavy (non-hydrogen) atoms. The number of hydrogen-bond donors (Lipinski definition) is 1. The summed E-state index contributed by atoms with van der Waals surface area (Å²) in [5.41, 5.74) is -0.0580. The number of ether oxygens (including phenoxy) is 1. The Hall–Kier alpha value is -1.92. The average molecular weight is 284 g/mol. The van der Waals surface area contributed by atoms with Crippen LogP contribution in [0, 0.1) is 0 Å². The van der Waals surface area contributed by atoms with Crippen molar-refractivity contribution < 1.29 is 19.4 Å². The highest BCUT2D eigenvalue weighted by Crippen LogP contribution is 2.24. The molecule has 5 nitrogen and oxygen atoms in total. The number of carboxylic acid groups (broad SMARTS) is 1. The largest absolute Gasteiger partial charge is 0.477 e. The van der Waals surface area contributed by atoms with E-state index in [1.54, 1.807) is 18.2 Å². The number of halogens is 1. The van der Waals surface area contributed by atoms with Gasteiger partial charge < -0.3 is 9.84 Å². The summed E-state index contributed by atoms with van der Waals surface area (Å²) in [6.07, 6.45) is 0. The lowest BCUT2D eigenvalue weighted by Crippen LogP contribution is -2.09. The first-order valence-corrected chi connectivity index (χ1v) is 5.90. The minimum Gasteiger partial charge on any atom is -0.477 e. The predicted octanol–water partition coefficient (Wildman–Crippen LogP) is 2.71. The summed E-state index contributed by atoms with van der Waals surface area (Å²) >= 11 is 6.54. The number of carbonyl (C=O) groups is 2. The maximum Gasteiger partial charge on any atom is 0.363 e. The standard InChI is InChI=1S/C11H6ClNO4S/c12-6-3-1-2-4-8(6)17-11(16)7-5-9(10(14)15)18-13-7/h1-5H,(H,14,15). The van der Waals surface area contributed by atoms with Crippen LogP contribution in [-0.2, 0) is 0 Å². The van der Waals surface area contributed by atoms with E-state index in [1.807, 2.05) is 0 Å². The smallest absolute Gasteiger partial charge is 0.363 e. The zero-order chi connectivity index (χ0) is 13.1. The Bertz CT molecular complexity index is 611. The van der Waals surface area contributed by atoms with Crippen LogP contribution < -0.4 is 4.74 Å². The molecule has 0 radical (unpaired) electrons. The van der Waals surface area contributed by atoms with Crippen molar-refractivity contribution in [1.29, 1.82) is 0 Å². The molecule has 0 saturated heterocycles. The van der Waals surface area contributed by atoms with Gasteiger partial charge in [0.2, 0.25) is 0 Å². The van der Waals surface area contributed by atoms with Gasteiger partial charge in [-0.2, -0.15) is 4.37 Å². The van der Waals surface area contributed by atoms with Gasteiger partial charge in [0.15, 0.2) is 5.69 Å². The Morgan fingerprint density at radius 2 is 2.06 bits per heavy atom. The molecule has 2 rings (SSSR count). The number of rotatable bonds is 3. The van der Waals surface area contributed by atoms with E-state index in [4.69, 9.17) is 21.4 Å². The number of benzene rings is 1. The van der Waals surface area contributed by atoms with E-state index in [2.05, 4.69) is 4.37 Å². The van der Waals surface area contributed by atoms with Crippen molar-refractivity contribution in [3.05, 3.63) is 45.9 Å². The van der Waals surface area contributed by atoms with Crippen molar-refractivity contribution >= 4 is 35.1 Å². The van der Waals surface area contributed by atoms with Gasteiger partial charge in [-0.25, -0.2) is 9.59 Å². The van der Waals surface area contributed by atoms with Crippen molar-refractivity contribution in [3.63, 3.8) is 0 Å². The van der Waals surface area contributed by atoms with Crippen LogP contribution in [-0.4, -0.2) is 21.4 Å². The summed E-state index contributed by atoms with van der Waals surface area (Å²) in [6, 6.07) is 7.63. The molecule has 1 heterocycles. The van der Waals surface area contributed by atoms with E-state index in [1.165, 1.54) is 6.07 Å². The number of para-hydroxylation sites is 1. The zero-order valence-electron chi connectivity index (χ0n) is 8.79. The van der Waals surface area contributed by atoms with Crippen molar-refractivity contribution in [1.82, 2.24) is 4.37 Å². The van der Waals surface area contributed by atoms with E-state index in [0.29, 0.717) is 5.02 Å². The minimum absolute atomic E-state index is 0.0268. The van der Waals surface area contributed by atoms with Crippen molar-refractivity contribution in [2.45, 2.75) is 0 Å². The van der Waals surface area contributed by atoms with Crippen molar-refractivity contribution in [2.24, 2.45) is 0 Å². The van der Waals surface area contributed by atoms with Crippen molar-refractivity contribution in [3.8, 4) is 5.75 Å². The van der Waals surface area contributed by atoms with Crippen LogP contribution in [0.5, 0.6) is 5.75 Å². The quantitative estimate of drug-likeness (QED) is 0.692. The monoisotopic (exact) mass is 283 g/mol. The van der Waals surface area contributed by atoms with Crippen LogP contribution in [0.2, 0.25) is 5.02 Å². The van der Waals surface area contributed by atoms with E-state index in [-0.39, 0.29) is 16.3 Å². The Labute approximate surface area is 111 Å². The van der Waals surface area contributed by atoms with Gasteiger partial charge in [-0.05, 0) is 29.7 Å². The fourth-order valence-corrected chi connectivity index (χ4v) is 1.89. The van der Waals surface area contributed by atoms with E-state index < -0.39 is 11.9 Å². The molecule has 0 aliphatic heterocycles. The Balaban J connectivity index is 2.17. The summed E-state index contributed by atoms with van der Waals surface area (Å²) in [7, 11) is 0. The van der Waals surface area contributed by atoms with Gasteiger partial charge in [0, 0.05) is 0 Å². The first-order valence-electron chi connectivity index (χ1n) is 4.74. The highest BCUT2D eigenvalue weighted by Gasteiger charge is 2.17. The third kappa shape index (κ3) is 2.66. The topological polar surface area (TPSA) is 76.5 Å². The normalized spacial score (nSPS) is 10.1. The number of carboxylic acids is 1. The van der Waals surface area contributed by atoms with Gasteiger partial charge in [0.05, 0.1) is 5.02 Å². The molecule has 1 N–H and O–H groups in total. The summed E-state index contributed by atoms with van der Waals surface area (Å²) in [6.45, 7) is 0.